The van der Waals surface area contributed by atoms with Crippen LogP contribution in [0.15, 0.2) is 24.3 Å². The normalized spacial score (nSPS) is 13.8. The second-order valence-electron chi connectivity index (χ2n) is 5.39. The quantitative estimate of drug-likeness (QED) is 0.857. The molecule has 23 heavy (non-hydrogen) atoms. The van der Waals surface area contributed by atoms with Crippen LogP contribution in [0.1, 0.15) is 16.8 Å². The first-order chi connectivity index (χ1) is 11.3. The van der Waals surface area contributed by atoms with Gasteiger partial charge in [-0.15, -0.1) is 10.2 Å². The van der Waals surface area contributed by atoms with E-state index < -0.39 is 0 Å². The van der Waals surface area contributed by atoms with Gasteiger partial charge in [0.05, 0.1) is 0 Å². The molecule has 0 bridgehead atoms. The smallest absolute Gasteiger partial charge is 0.244 e. The predicted octanol–water partition coefficient (Wildman–Crippen LogP) is 0.719. The van der Waals surface area contributed by atoms with E-state index in [1.807, 2.05) is 0 Å². The van der Waals surface area contributed by atoms with E-state index in [-0.39, 0.29) is 5.69 Å². The lowest BCUT2D eigenvalue weighted by molar-refractivity contribution is 0.773. The van der Waals surface area contributed by atoms with Gasteiger partial charge in [-0.3, -0.25) is 0 Å². The first-order valence-corrected chi connectivity index (χ1v) is 7.72. The van der Waals surface area contributed by atoms with Crippen molar-refractivity contribution in [2.45, 2.75) is 12.8 Å². The molecule has 7 heteroatoms. The maximum atomic E-state index is 9.30. The van der Waals surface area contributed by atoms with Gasteiger partial charge in [0.15, 0.2) is 5.82 Å². The first kappa shape index (κ1) is 15.2. The summed E-state index contributed by atoms with van der Waals surface area (Å²) in [7, 11) is 0. The van der Waals surface area contributed by atoms with Crippen molar-refractivity contribution >= 4 is 11.8 Å². The van der Waals surface area contributed by atoms with Crippen LogP contribution < -0.4 is 16.0 Å². The number of benzene rings is 1. The maximum absolute atomic E-state index is 9.30. The fourth-order valence-electron chi connectivity index (χ4n) is 2.75. The van der Waals surface area contributed by atoms with Crippen molar-refractivity contribution in [2.75, 3.05) is 36.4 Å². The van der Waals surface area contributed by atoms with E-state index in [2.05, 4.69) is 55.7 Å². The molecule has 1 aliphatic heterocycles. The molecular formula is C16H19N7. The summed E-state index contributed by atoms with van der Waals surface area (Å²) in [6.45, 7) is 2.66. The largest absolute Gasteiger partial charge is 0.353 e. The average molecular weight is 309 g/mol. The Labute approximate surface area is 135 Å². The molecule has 0 amide bonds. The Balaban J connectivity index is 1.85. The molecule has 1 aromatic heterocycles. The number of nitrogens with zero attached hydrogens (tertiary/aromatic N) is 5. The van der Waals surface area contributed by atoms with Crippen LogP contribution >= 0.6 is 0 Å². The Morgan fingerprint density at radius 3 is 2.48 bits per heavy atom. The monoisotopic (exact) mass is 309 g/mol. The van der Waals surface area contributed by atoms with E-state index in [1.165, 1.54) is 11.1 Å². The van der Waals surface area contributed by atoms with E-state index in [9.17, 15) is 5.26 Å². The van der Waals surface area contributed by atoms with Crippen LogP contribution in [0.4, 0.5) is 11.8 Å². The number of aromatic nitrogens is 3. The van der Waals surface area contributed by atoms with Crippen molar-refractivity contribution in [3.05, 3.63) is 41.1 Å². The van der Waals surface area contributed by atoms with Gasteiger partial charge in [-0.25, -0.2) is 0 Å². The SMILES string of the molecule is N#Cc1nnc(NCCN)nc1N1CCc2ccccc2CC1. The fraction of sp³-hybridized carbons (Fsp3) is 0.375. The van der Waals surface area contributed by atoms with Gasteiger partial charge in [0, 0.05) is 26.2 Å². The molecule has 0 aliphatic carbocycles. The Kier molecular flexibility index (Phi) is 4.64. The van der Waals surface area contributed by atoms with Gasteiger partial charge in [0.25, 0.3) is 0 Å². The first-order valence-electron chi connectivity index (χ1n) is 7.72. The number of rotatable bonds is 4. The maximum Gasteiger partial charge on any atom is 0.244 e. The van der Waals surface area contributed by atoms with Gasteiger partial charge in [-0.05, 0) is 24.0 Å². The lowest BCUT2D eigenvalue weighted by Gasteiger charge is -2.22. The van der Waals surface area contributed by atoms with E-state index in [0.717, 1.165) is 25.9 Å². The summed E-state index contributed by atoms with van der Waals surface area (Å²) < 4.78 is 0. The molecule has 0 atom stereocenters. The number of anilines is 2. The number of nitriles is 1. The molecule has 0 saturated heterocycles. The number of nitrogens with one attached hydrogen (secondary N) is 1. The minimum absolute atomic E-state index is 0.259. The Hall–Kier alpha value is -2.72. The summed E-state index contributed by atoms with van der Waals surface area (Å²) in [6.07, 6.45) is 1.85. The zero-order valence-corrected chi connectivity index (χ0v) is 12.9. The van der Waals surface area contributed by atoms with Crippen molar-refractivity contribution in [1.29, 1.82) is 5.26 Å². The zero-order chi connectivity index (χ0) is 16.1. The van der Waals surface area contributed by atoms with Crippen LogP contribution in [0.5, 0.6) is 0 Å². The lowest BCUT2D eigenvalue weighted by atomic mass is 10.0. The highest BCUT2D eigenvalue weighted by atomic mass is 15.3. The van der Waals surface area contributed by atoms with Crippen molar-refractivity contribution in [3.8, 4) is 6.07 Å². The Morgan fingerprint density at radius 1 is 1.17 bits per heavy atom. The van der Waals surface area contributed by atoms with Crippen LogP contribution in [-0.4, -0.2) is 41.4 Å². The van der Waals surface area contributed by atoms with E-state index in [4.69, 9.17) is 5.73 Å². The van der Waals surface area contributed by atoms with Crippen LogP contribution in [0.2, 0.25) is 0 Å². The molecule has 0 radical (unpaired) electrons. The molecule has 0 spiro atoms. The van der Waals surface area contributed by atoms with Crippen molar-refractivity contribution in [1.82, 2.24) is 15.2 Å². The predicted molar refractivity (Wildman–Crippen MR) is 88.1 cm³/mol. The summed E-state index contributed by atoms with van der Waals surface area (Å²) >= 11 is 0. The van der Waals surface area contributed by atoms with E-state index >= 15 is 0 Å². The van der Waals surface area contributed by atoms with Crippen molar-refractivity contribution in [3.63, 3.8) is 0 Å². The van der Waals surface area contributed by atoms with Crippen LogP contribution in [0.25, 0.3) is 0 Å². The third-order valence-electron chi connectivity index (χ3n) is 3.92. The van der Waals surface area contributed by atoms with Gasteiger partial charge < -0.3 is 16.0 Å². The zero-order valence-electron chi connectivity index (χ0n) is 12.9. The molecule has 3 rings (SSSR count). The number of hydrogen-bond acceptors (Lipinski definition) is 7. The molecule has 7 nitrogen and oxygen atoms in total. The second-order valence-corrected chi connectivity index (χ2v) is 5.39. The highest BCUT2D eigenvalue weighted by Gasteiger charge is 2.19. The standard InChI is InChI=1S/C16H19N7/c17-7-8-19-16-20-15(14(11-18)21-22-16)23-9-5-12-3-1-2-4-13(12)6-10-23/h1-4H,5-10,17H2,(H,19,20,22). The molecule has 2 heterocycles. The van der Waals surface area contributed by atoms with Crippen molar-refractivity contribution < 1.29 is 0 Å². The summed E-state index contributed by atoms with van der Waals surface area (Å²) in [5.74, 6) is 1.00. The molecule has 3 N–H and O–H groups in total. The minimum atomic E-state index is 0.259. The highest BCUT2D eigenvalue weighted by Crippen LogP contribution is 2.22. The molecule has 2 aromatic rings. The number of fused-ring (bicyclic) bond motifs is 1. The van der Waals surface area contributed by atoms with Gasteiger partial charge >= 0.3 is 0 Å². The van der Waals surface area contributed by atoms with Gasteiger partial charge in [0.2, 0.25) is 11.6 Å². The summed E-state index contributed by atoms with van der Waals surface area (Å²) in [4.78, 5) is 6.58. The lowest BCUT2D eigenvalue weighted by Crippen LogP contribution is -2.29. The molecule has 118 valence electrons. The Bertz CT molecular complexity index is 696. The molecule has 0 saturated carbocycles. The van der Waals surface area contributed by atoms with Crippen molar-refractivity contribution in [2.24, 2.45) is 5.73 Å². The Morgan fingerprint density at radius 2 is 1.87 bits per heavy atom. The summed E-state index contributed by atoms with van der Waals surface area (Å²) in [6, 6.07) is 10.5. The van der Waals surface area contributed by atoms with Gasteiger partial charge in [-0.2, -0.15) is 10.2 Å². The molecule has 0 fully saturated rings. The molecule has 1 aromatic carbocycles. The topological polar surface area (TPSA) is 104 Å². The second kappa shape index (κ2) is 7.03. The summed E-state index contributed by atoms with van der Waals surface area (Å²) in [5, 5.41) is 20.2. The third-order valence-corrected chi connectivity index (χ3v) is 3.92. The molecule has 0 unspecified atom stereocenters. The molecule has 1 aliphatic rings. The fourth-order valence-corrected chi connectivity index (χ4v) is 2.75. The van der Waals surface area contributed by atoms with Crippen LogP contribution in [-0.2, 0) is 12.8 Å². The average Bonchev–Trinajstić information content (AvgIpc) is 2.82. The van der Waals surface area contributed by atoms with E-state index in [0.29, 0.717) is 24.9 Å². The third kappa shape index (κ3) is 3.38. The highest BCUT2D eigenvalue weighted by molar-refractivity contribution is 5.52. The summed E-state index contributed by atoms with van der Waals surface area (Å²) in [5.41, 5.74) is 8.46. The van der Waals surface area contributed by atoms with Crippen LogP contribution in [0, 0.1) is 11.3 Å². The van der Waals surface area contributed by atoms with Gasteiger partial charge in [0.1, 0.15) is 6.07 Å². The number of hydrogen-bond donors (Lipinski definition) is 2. The van der Waals surface area contributed by atoms with Crippen LogP contribution in [0.3, 0.4) is 0 Å². The number of nitrogens with two attached hydrogens (primary N) is 1. The molecular weight excluding hydrogens is 290 g/mol. The minimum Gasteiger partial charge on any atom is -0.353 e. The van der Waals surface area contributed by atoms with Gasteiger partial charge in [-0.1, -0.05) is 24.3 Å². The van der Waals surface area contributed by atoms with E-state index in [1.54, 1.807) is 0 Å².